The Bertz CT molecular complexity index is 586. The monoisotopic (exact) mass is 298 g/mol. The number of anilines is 1. The van der Waals surface area contributed by atoms with Gasteiger partial charge < -0.3 is 10.1 Å². The van der Waals surface area contributed by atoms with Crippen molar-refractivity contribution in [1.29, 1.82) is 0 Å². The summed E-state index contributed by atoms with van der Waals surface area (Å²) in [6.07, 6.45) is 0. The first-order valence-corrected chi connectivity index (χ1v) is 7.02. The maximum absolute atomic E-state index is 12.2. The van der Waals surface area contributed by atoms with Crippen LogP contribution in [0.5, 0.6) is 5.75 Å². The van der Waals surface area contributed by atoms with Crippen LogP contribution in [0.3, 0.4) is 0 Å². The lowest BCUT2D eigenvalue weighted by molar-refractivity contribution is -0.0498. The van der Waals surface area contributed by atoms with Gasteiger partial charge >= 0.3 is 6.61 Å². The fourth-order valence-electron chi connectivity index (χ4n) is 2.03. The Hall–Kier alpha value is -1.69. The van der Waals surface area contributed by atoms with E-state index < -0.39 is 6.61 Å². The molecule has 6 heteroatoms. The Morgan fingerprint density at radius 2 is 2.05 bits per heavy atom. The molecule has 3 nitrogen and oxygen atoms in total. The minimum atomic E-state index is -2.81. The minimum absolute atomic E-state index is 0.00162. The molecule has 0 spiro atoms. The molecule has 2 rings (SSSR count). The zero-order valence-electron chi connectivity index (χ0n) is 11.5. The summed E-state index contributed by atoms with van der Waals surface area (Å²) >= 11 is 1.64. The first-order valence-electron chi connectivity index (χ1n) is 6.21. The first kappa shape index (κ1) is 14.7. The number of benzene rings is 1. The van der Waals surface area contributed by atoms with E-state index in [4.69, 9.17) is 0 Å². The van der Waals surface area contributed by atoms with Gasteiger partial charge in [0.25, 0.3) is 0 Å². The van der Waals surface area contributed by atoms with Crippen LogP contribution in [0.25, 0.3) is 0 Å². The van der Waals surface area contributed by atoms with Crippen molar-refractivity contribution in [3.8, 4) is 5.75 Å². The number of hydrogen-bond donors (Lipinski definition) is 1. The van der Waals surface area contributed by atoms with Crippen LogP contribution in [0.4, 0.5) is 14.5 Å². The van der Waals surface area contributed by atoms with E-state index >= 15 is 0 Å². The van der Waals surface area contributed by atoms with Gasteiger partial charge in [0, 0.05) is 16.6 Å². The highest BCUT2D eigenvalue weighted by molar-refractivity contribution is 7.11. The number of ether oxygens (including phenoxy) is 1. The lowest BCUT2D eigenvalue weighted by atomic mass is 10.2. The third-order valence-corrected chi connectivity index (χ3v) is 3.69. The van der Waals surface area contributed by atoms with Gasteiger partial charge in [-0.3, -0.25) is 0 Å². The lowest BCUT2D eigenvalue weighted by Gasteiger charge is -2.15. The number of rotatable bonds is 5. The number of aromatic nitrogens is 1. The topological polar surface area (TPSA) is 34.2 Å². The summed E-state index contributed by atoms with van der Waals surface area (Å²) in [6.45, 7) is 3.16. The molecule has 0 amide bonds. The van der Waals surface area contributed by atoms with E-state index in [1.807, 2.05) is 26.8 Å². The van der Waals surface area contributed by atoms with Crippen molar-refractivity contribution in [2.45, 2.75) is 33.4 Å². The van der Waals surface area contributed by atoms with Gasteiger partial charge in [-0.2, -0.15) is 8.78 Å². The number of thiazole rings is 1. The average Bonchev–Trinajstić information content (AvgIpc) is 2.68. The van der Waals surface area contributed by atoms with Crippen LogP contribution in [0, 0.1) is 13.8 Å². The highest BCUT2D eigenvalue weighted by atomic mass is 32.1. The summed E-state index contributed by atoms with van der Waals surface area (Å²) in [6, 6.07) is 6.54. The van der Waals surface area contributed by atoms with Gasteiger partial charge in [-0.15, -0.1) is 11.3 Å². The van der Waals surface area contributed by atoms with Gasteiger partial charge in [-0.25, -0.2) is 4.98 Å². The average molecular weight is 298 g/mol. The van der Waals surface area contributed by atoms with Crippen molar-refractivity contribution in [3.63, 3.8) is 0 Å². The zero-order chi connectivity index (χ0) is 14.7. The number of nitrogens with one attached hydrogen (secondary N) is 1. The molecule has 1 atom stereocenters. The van der Waals surface area contributed by atoms with Gasteiger partial charge in [-0.05, 0) is 32.9 Å². The van der Waals surface area contributed by atoms with E-state index in [-0.39, 0.29) is 11.8 Å². The van der Waals surface area contributed by atoms with E-state index in [9.17, 15) is 8.78 Å². The highest BCUT2D eigenvalue weighted by Gasteiger charge is 2.13. The molecule has 20 heavy (non-hydrogen) atoms. The van der Waals surface area contributed by atoms with Crippen LogP contribution in [0.15, 0.2) is 24.3 Å². The second-order valence-electron chi connectivity index (χ2n) is 4.45. The Morgan fingerprint density at radius 1 is 1.30 bits per heavy atom. The summed E-state index contributed by atoms with van der Waals surface area (Å²) in [5.41, 5.74) is 1.70. The molecule has 0 aliphatic carbocycles. The molecule has 108 valence electrons. The molecule has 1 aromatic heterocycles. The van der Waals surface area contributed by atoms with Crippen LogP contribution < -0.4 is 10.1 Å². The summed E-state index contributed by atoms with van der Waals surface area (Å²) in [4.78, 5) is 5.64. The molecule has 0 aliphatic rings. The standard InChI is InChI=1S/C14H16F2N2OS/c1-8(13-9(2)20-10(3)18-13)17-11-5-4-6-12(7-11)19-14(15)16/h4-8,14,17H,1-3H3. The van der Waals surface area contributed by atoms with Crippen molar-refractivity contribution in [2.75, 3.05) is 5.32 Å². The van der Waals surface area contributed by atoms with E-state index in [1.54, 1.807) is 23.5 Å². The van der Waals surface area contributed by atoms with Crippen LogP contribution in [0.1, 0.15) is 28.5 Å². The number of nitrogens with zero attached hydrogens (tertiary/aromatic N) is 1. The fraction of sp³-hybridized carbons (Fsp3) is 0.357. The Kier molecular flexibility index (Phi) is 4.54. The SMILES string of the molecule is Cc1nc(C(C)Nc2cccc(OC(F)F)c2)c(C)s1. The van der Waals surface area contributed by atoms with Crippen LogP contribution >= 0.6 is 11.3 Å². The molecular weight excluding hydrogens is 282 g/mol. The van der Waals surface area contributed by atoms with Gasteiger partial charge in [0.1, 0.15) is 5.75 Å². The number of alkyl halides is 2. The number of aryl methyl sites for hydroxylation is 2. The smallest absolute Gasteiger partial charge is 0.387 e. The second kappa shape index (κ2) is 6.17. The molecule has 1 heterocycles. The Labute approximate surface area is 120 Å². The van der Waals surface area contributed by atoms with Crippen molar-refractivity contribution in [2.24, 2.45) is 0 Å². The Balaban J connectivity index is 2.11. The predicted molar refractivity (Wildman–Crippen MR) is 76.7 cm³/mol. The largest absolute Gasteiger partial charge is 0.435 e. The second-order valence-corrected chi connectivity index (χ2v) is 5.85. The summed E-state index contributed by atoms with van der Waals surface area (Å²) in [7, 11) is 0. The van der Waals surface area contributed by atoms with Crippen LogP contribution in [0.2, 0.25) is 0 Å². The maximum Gasteiger partial charge on any atom is 0.387 e. The fourth-order valence-corrected chi connectivity index (χ4v) is 2.94. The molecule has 1 unspecified atom stereocenters. The van der Waals surface area contributed by atoms with E-state index in [2.05, 4.69) is 15.0 Å². The molecule has 0 saturated carbocycles. The third kappa shape index (κ3) is 3.66. The number of halogens is 2. The van der Waals surface area contributed by atoms with Crippen LogP contribution in [-0.4, -0.2) is 11.6 Å². The van der Waals surface area contributed by atoms with E-state index in [0.29, 0.717) is 0 Å². The zero-order valence-corrected chi connectivity index (χ0v) is 12.3. The first-order chi connectivity index (χ1) is 9.45. The van der Waals surface area contributed by atoms with Crippen molar-refractivity contribution < 1.29 is 13.5 Å². The molecule has 0 aliphatic heterocycles. The molecule has 0 bridgehead atoms. The molecule has 0 radical (unpaired) electrons. The van der Waals surface area contributed by atoms with Crippen molar-refractivity contribution in [3.05, 3.63) is 39.8 Å². The quantitative estimate of drug-likeness (QED) is 0.880. The van der Waals surface area contributed by atoms with Crippen LogP contribution in [-0.2, 0) is 0 Å². The number of hydrogen-bond acceptors (Lipinski definition) is 4. The molecule has 0 fully saturated rings. The minimum Gasteiger partial charge on any atom is -0.435 e. The molecule has 1 N–H and O–H groups in total. The summed E-state index contributed by atoms with van der Waals surface area (Å²) in [5.74, 6) is 0.142. The van der Waals surface area contributed by atoms with E-state index in [1.165, 1.54) is 6.07 Å². The van der Waals surface area contributed by atoms with Crippen molar-refractivity contribution >= 4 is 17.0 Å². The Morgan fingerprint density at radius 3 is 2.65 bits per heavy atom. The molecule has 2 aromatic rings. The van der Waals surface area contributed by atoms with Gasteiger partial charge in [0.05, 0.1) is 16.7 Å². The molecule has 1 aromatic carbocycles. The normalized spacial score (nSPS) is 12.5. The van der Waals surface area contributed by atoms with Gasteiger partial charge in [-0.1, -0.05) is 6.07 Å². The summed E-state index contributed by atoms with van der Waals surface area (Å²) in [5, 5.41) is 4.26. The lowest BCUT2D eigenvalue weighted by Crippen LogP contribution is -2.09. The molecule has 0 saturated heterocycles. The van der Waals surface area contributed by atoms with Crippen molar-refractivity contribution in [1.82, 2.24) is 4.98 Å². The maximum atomic E-state index is 12.2. The molecular formula is C14H16F2N2OS. The highest BCUT2D eigenvalue weighted by Crippen LogP contribution is 2.27. The summed E-state index contributed by atoms with van der Waals surface area (Å²) < 4.78 is 28.8. The predicted octanol–water partition coefficient (Wildman–Crippen LogP) is 4.53. The van der Waals surface area contributed by atoms with Gasteiger partial charge in [0.15, 0.2) is 0 Å². The van der Waals surface area contributed by atoms with E-state index in [0.717, 1.165) is 21.3 Å². The van der Waals surface area contributed by atoms with Gasteiger partial charge in [0.2, 0.25) is 0 Å². The third-order valence-electron chi connectivity index (χ3n) is 2.79.